The molecule has 17 heavy (non-hydrogen) atoms. The van der Waals surface area contributed by atoms with E-state index in [4.69, 9.17) is 4.43 Å². The Morgan fingerprint density at radius 3 is 2.65 bits per heavy atom. The van der Waals surface area contributed by atoms with Gasteiger partial charge in [0.2, 0.25) is 0 Å². The molecule has 0 spiro atoms. The van der Waals surface area contributed by atoms with Crippen molar-refractivity contribution in [1.82, 2.24) is 0 Å². The fourth-order valence-corrected chi connectivity index (χ4v) is 3.98. The lowest BCUT2D eigenvalue weighted by molar-refractivity contribution is -0.124. The second-order valence-corrected chi connectivity index (χ2v) is 10.2. The summed E-state index contributed by atoms with van der Waals surface area (Å²) >= 11 is 0. The van der Waals surface area contributed by atoms with E-state index in [1.165, 1.54) is 5.56 Å². The molecule has 0 saturated carbocycles. The van der Waals surface area contributed by atoms with Gasteiger partial charge in [0.1, 0.15) is 5.60 Å². The molecule has 0 amide bonds. The molecule has 2 nitrogen and oxygen atoms in total. The molecule has 1 aromatic carbocycles. The second kappa shape index (κ2) is 4.39. The van der Waals surface area contributed by atoms with Crippen molar-refractivity contribution in [3.63, 3.8) is 0 Å². The number of aldehydes is 1. The average Bonchev–Trinajstić information content (AvgIpc) is 2.27. The molecule has 0 N–H and O–H groups in total. The van der Waals surface area contributed by atoms with Crippen molar-refractivity contribution in [1.29, 1.82) is 0 Å². The average molecular weight is 248 g/mol. The van der Waals surface area contributed by atoms with Gasteiger partial charge in [-0.3, -0.25) is 4.79 Å². The van der Waals surface area contributed by atoms with Crippen molar-refractivity contribution in [2.24, 2.45) is 0 Å². The Morgan fingerprint density at radius 1 is 1.29 bits per heavy atom. The maximum Gasteiger partial charge on any atom is 0.185 e. The number of rotatable bonds is 3. The monoisotopic (exact) mass is 248 g/mol. The molecule has 0 heterocycles. The molecule has 92 valence electrons. The number of benzene rings is 1. The molecule has 1 aromatic rings. The highest BCUT2D eigenvalue weighted by Gasteiger charge is 2.40. The minimum absolute atomic E-state index is 0.681. The number of aryl methyl sites for hydroxylation is 1. The molecule has 0 fully saturated rings. The summed E-state index contributed by atoms with van der Waals surface area (Å²) in [6.07, 6.45) is 3.92. The van der Waals surface area contributed by atoms with Crippen LogP contribution in [0.2, 0.25) is 19.6 Å². The van der Waals surface area contributed by atoms with Gasteiger partial charge in [-0.2, -0.15) is 0 Å². The fourth-order valence-electron chi connectivity index (χ4n) is 2.63. The topological polar surface area (TPSA) is 26.3 Å². The van der Waals surface area contributed by atoms with E-state index in [0.717, 1.165) is 31.1 Å². The number of carbonyl (C=O) groups excluding carboxylic acids is 1. The lowest BCUT2D eigenvalue weighted by Crippen LogP contribution is -2.44. The quantitative estimate of drug-likeness (QED) is 0.606. The molecule has 0 saturated heterocycles. The van der Waals surface area contributed by atoms with Gasteiger partial charge >= 0.3 is 0 Å². The van der Waals surface area contributed by atoms with Crippen LogP contribution in [0.25, 0.3) is 0 Å². The number of hydrogen-bond acceptors (Lipinski definition) is 2. The summed E-state index contributed by atoms with van der Waals surface area (Å²) in [4.78, 5) is 11.6. The first-order valence-electron chi connectivity index (χ1n) is 6.22. The van der Waals surface area contributed by atoms with Crippen LogP contribution in [0.1, 0.15) is 24.0 Å². The minimum Gasteiger partial charge on any atom is -0.402 e. The van der Waals surface area contributed by atoms with E-state index >= 15 is 0 Å². The molecule has 1 atom stereocenters. The van der Waals surface area contributed by atoms with E-state index in [9.17, 15) is 4.79 Å². The molecular weight excluding hydrogens is 228 g/mol. The SMILES string of the molecule is C[Si](C)(C)OC1(C=O)CCCc2ccccc21. The zero-order valence-corrected chi connectivity index (χ0v) is 11.8. The summed E-state index contributed by atoms with van der Waals surface area (Å²) in [5.74, 6) is 0. The van der Waals surface area contributed by atoms with Gasteiger partial charge in [-0.15, -0.1) is 0 Å². The molecule has 0 aromatic heterocycles. The van der Waals surface area contributed by atoms with Crippen molar-refractivity contribution < 1.29 is 9.22 Å². The first kappa shape index (κ1) is 12.5. The van der Waals surface area contributed by atoms with Gasteiger partial charge in [0.05, 0.1) is 0 Å². The molecule has 0 radical (unpaired) electrons. The van der Waals surface area contributed by atoms with Gasteiger partial charge < -0.3 is 4.43 Å². The Morgan fingerprint density at radius 2 is 2.00 bits per heavy atom. The van der Waals surface area contributed by atoms with Crippen LogP contribution in [0, 0.1) is 0 Å². The first-order chi connectivity index (χ1) is 7.97. The van der Waals surface area contributed by atoms with E-state index < -0.39 is 13.9 Å². The van der Waals surface area contributed by atoms with Gasteiger partial charge in [0.15, 0.2) is 14.6 Å². The van der Waals surface area contributed by atoms with Crippen molar-refractivity contribution >= 4 is 14.6 Å². The van der Waals surface area contributed by atoms with Gasteiger partial charge in [-0.1, -0.05) is 24.3 Å². The maximum absolute atomic E-state index is 11.6. The van der Waals surface area contributed by atoms with E-state index in [1.807, 2.05) is 18.2 Å². The predicted molar refractivity (Wildman–Crippen MR) is 71.6 cm³/mol. The lowest BCUT2D eigenvalue weighted by Gasteiger charge is -2.39. The van der Waals surface area contributed by atoms with Crippen LogP contribution in [0.4, 0.5) is 0 Å². The molecule has 2 rings (SSSR count). The highest BCUT2D eigenvalue weighted by Crippen LogP contribution is 2.38. The van der Waals surface area contributed by atoms with Crippen molar-refractivity contribution in [3.05, 3.63) is 35.4 Å². The Balaban J connectivity index is 2.46. The predicted octanol–water partition coefficient (Wildman–Crippen LogP) is 3.27. The lowest BCUT2D eigenvalue weighted by atomic mass is 9.80. The molecule has 3 heteroatoms. The van der Waals surface area contributed by atoms with Crippen molar-refractivity contribution in [3.8, 4) is 0 Å². The second-order valence-electron chi connectivity index (χ2n) is 5.73. The van der Waals surface area contributed by atoms with Crippen molar-refractivity contribution in [2.45, 2.75) is 44.5 Å². The summed E-state index contributed by atoms with van der Waals surface area (Å²) < 4.78 is 6.21. The van der Waals surface area contributed by atoms with Crippen LogP contribution in [0.5, 0.6) is 0 Å². The van der Waals surface area contributed by atoms with Gasteiger partial charge in [-0.25, -0.2) is 0 Å². The Bertz CT molecular complexity index is 422. The normalized spacial score (nSPS) is 24.2. The largest absolute Gasteiger partial charge is 0.402 e. The third kappa shape index (κ3) is 2.50. The Hall–Kier alpha value is -0.933. The summed E-state index contributed by atoms with van der Waals surface area (Å²) in [6, 6.07) is 8.19. The molecular formula is C14H20O2Si. The minimum atomic E-state index is -1.74. The van der Waals surface area contributed by atoms with Gasteiger partial charge in [0, 0.05) is 0 Å². The van der Waals surface area contributed by atoms with Crippen molar-refractivity contribution in [2.75, 3.05) is 0 Å². The molecule has 1 unspecified atom stereocenters. The summed E-state index contributed by atoms with van der Waals surface area (Å²) in [6.45, 7) is 6.40. The van der Waals surface area contributed by atoms with E-state index in [-0.39, 0.29) is 0 Å². The summed E-state index contributed by atoms with van der Waals surface area (Å²) in [7, 11) is -1.74. The summed E-state index contributed by atoms with van der Waals surface area (Å²) in [5.41, 5.74) is 1.67. The maximum atomic E-state index is 11.6. The number of fused-ring (bicyclic) bond motifs is 1. The standard InChI is InChI=1S/C14H20O2Si/c1-17(2,3)16-14(11-15)10-6-8-12-7-4-5-9-13(12)14/h4-5,7,9,11H,6,8,10H2,1-3H3. The van der Waals surface area contributed by atoms with Crippen LogP contribution >= 0.6 is 0 Å². The molecule has 0 bridgehead atoms. The number of hydrogen-bond donors (Lipinski definition) is 0. The molecule has 0 aliphatic heterocycles. The summed E-state index contributed by atoms with van der Waals surface area (Å²) in [5, 5.41) is 0. The highest BCUT2D eigenvalue weighted by atomic mass is 28.4. The van der Waals surface area contributed by atoms with E-state index in [1.54, 1.807) is 0 Å². The molecule has 1 aliphatic rings. The first-order valence-corrected chi connectivity index (χ1v) is 9.63. The van der Waals surface area contributed by atoms with Gasteiger partial charge in [0.25, 0.3) is 0 Å². The number of carbonyl (C=O) groups is 1. The molecule has 1 aliphatic carbocycles. The van der Waals surface area contributed by atoms with Crippen LogP contribution in [0.15, 0.2) is 24.3 Å². The Labute approximate surface area is 104 Å². The van der Waals surface area contributed by atoms with Crippen LogP contribution in [-0.2, 0) is 21.2 Å². The fraction of sp³-hybridized carbons (Fsp3) is 0.500. The van der Waals surface area contributed by atoms with Gasteiger partial charge in [-0.05, 0) is 50.0 Å². The van der Waals surface area contributed by atoms with E-state index in [0.29, 0.717) is 0 Å². The smallest absolute Gasteiger partial charge is 0.185 e. The third-order valence-electron chi connectivity index (χ3n) is 3.15. The van der Waals surface area contributed by atoms with Crippen LogP contribution < -0.4 is 0 Å². The highest BCUT2D eigenvalue weighted by molar-refractivity contribution is 6.70. The van der Waals surface area contributed by atoms with E-state index in [2.05, 4.69) is 25.7 Å². The Kier molecular flexibility index (Phi) is 3.23. The zero-order valence-electron chi connectivity index (χ0n) is 10.8. The zero-order chi connectivity index (χ0) is 12.5. The third-order valence-corrected chi connectivity index (χ3v) is 4.12. The van der Waals surface area contributed by atoms with Crippen LogP contribution in [0.3, 0.4) is 0 Å². The van der Waals surface area contributed by atoms with Crippen LogP contribution in [-0.4, -0.2) is 14.6 Å².